The third-order valence-electron chi connectivity index (χ3n) is 6.08. The summed E-state index contributed by atoms with van der Waals surface area (Å²) >= 11 is 1.51. The van der Waals surface area contributed by atoms with Gasteiger partial charge in [-0.15, -0.1) is 0 Å². The lowest BCUT2D eigenvalue weighted by molar-refractivity contribution is -0.142. The fourth-order valence-corrected chi connectivity index (χ4v) is 4.62. The van der Waals surface area contributed by atoms with Crippen LogP contribution in [-0.4, -0.2) is 53.3 Å². The highest BCUT2D eigenvalue weighted by molar-refractivity contribution is 7.98. The molecule has 7 nitrogen and oxygen atoms in total. The van der Waals surface area contributed by atoms with Crippen molar-refractivity contribution in [2.24, 2.45) is 0 Å². The van der Waals surface area contributed by atoms with Gasteiger partial charge < -0.3 is 20.5 Å². The molecular weight excluding hydrogens is 428 g/mol. The van der Waals surface area contributed by atoms with Crippen LogP contribution in [0.4, 0.5) is 4.79 Å². The van der Waals surface area contributed by atoms with E-state index >= 15 is 0 Å². The number of carboxylic acids is 1. The first-order chi connectivity index (χ1) is 15.4. The predicted octanol–water partition coefficient (Wildman–Crippen LogP) is 3.38. The van der Waals surface area contributed by atoms with Gasteiger partial charge in [0.15, 0.2) is 0 Å². The average Bonchev–Trinajstić information content (AvgIpc) is 3.50. The van der Waals surface area contributed by atoms with E-state index in [-0.39, 0.29) is 12.5 Å². The summed E-state index contributed by atoms with van der Waals surface area (Å²) in [7, 11) is 0. The number of fused-ring (bicyclic) bond motifs is 3. The summed E-state index contributed by atoms with van der Waals surface area (Å²) in [4.78, 5) is 36.6. The second kappa shape index (κ2) is 9.24. The Bertz CT molecular complexity index is 991. The zero-order valence-corrected chi connectivity index (χ0v) is 18.6. The Hall–Kier alpha value is -3.00. The van der Waals surface area contributed by atoms with E-state index in [2.05, 4.69) is 22.8 Å². The average molecular weight is 455 g/mol. The molecule has 4 rings (SSSR count). The number of ether oxygens (including phenoxy) is 1. The van der Waals surface area contributed by atoms with Gasteiger partial charge in [0.05, 0.1) is 0 Å². The summed E-state index contributed by atoms with van der Waals surface area (Å²) in [5, 5.41) is 14.6. The lowest BCUT2D eigenvalue weighted by Crippen LogP contribution is -2.53. The van der Waals surface area contributed by atoms with Crippen LogP contribution in [0.2, 0.25) is 0 Å². The zero-order chi connectivity index (χ0) is 22.7. The Morgan fingerprint density at radius 2 is 1.69 bits per heavy atom. The molecule has 8 heteroatoms. The van der Waals surface area contributed by atoms with Crippen molar-refractivity contribution in [1.82, 2.24) is 10.6 Å². The van der Waals surface area contributed by atoms with Gasteiger partial charge >= 0.3 is 12.1 Å². The van der Waals surface area contributed by atoms with Crippen LogP contribution < -0.4 is 10.6 Å². The number of hydrogen-bond acceptors (Lipinski definition) is 5. The number of nitrogens with one attached hydrogen (secondary N) is 2. The van der Waals surface area contributed by atoms with Crippen LogP contribution in [0.3, 0.4) is 0 Å². The van der Waals surface area contributed by atoms with Gasteiger partial charge in [0.1, 0.15) is 18.2 Å². The minimum absolute atomic E-state index is 0.0694. The van der Waals surface area contributed by atoms with E-state index in [4.69, 9.17) is 4.74 Å². The third-order valence-corrected chi connectivity index (χ3v) is 6.73. The summed E-state index contributed by atoms with van der Waals surface area (Å²) in [6.45, 7) is 0.156. The molecule has 0 bridgehead atoms. The normalized spacial score (nSPS) is 16.4. The minimum atomic E-state index is -1.09. The standard InChI is InChI=1S/C24H26N2O5S/c1-32-13-10-20(21(27)28)25-22(29)24(11-12-24)26-23(30)31-14-19-17-8-4-2-6-15(17)16-7-3-5-9-18(16)19/h2-9,19-20H,10-14H2,1H3,(H,25,29)(H,26,30)(H,27,28). The SMILES string of the molecule is CSCCC(NC(=O)C1(NC(=O)OCC2c3ccccc3-c3ccccc32)CC1)C(=O)O. The molecule has 2 aliphatic rings. The predicted molar refractivity (Wildman–Crippen MR) is 123 cm³/mol. The number of alkyl carbamates (subject to hydrolysis) is 1. The highest BCUT2D eigenvalue weighted by Gasteiger charge is 2.52. The van der Waals surface area contributed by atoms with Crippen molar-refractivity contribution in [1.29, 1.82) is 0 Å². The van der Waals surface area contributed by atoms with Gasteiger partial charge in [-0.3, -0.25) is 4.79 Å². The molecule has 32 heavy (non-hydrogen) atoms. The van der Waals surface area contributed by atoms with Crippen LogP contribution in [0.5, 0.6) is 0 Å². The maximum Gasteiger partial charge on any atom is 0.408 e. The quantitative estimate of drug-likeness (QED) is 0.537. The summed E-state index contributed by atoms with van der Waals surface area (Å²) in [6.07, 6.45) is 2.44. The Morgan fingerprint density at radius 3 is 2.22 bits per heavy atom. The van der Waals surface area contributed by atoms with E-state index in [1.165, 1.54) is 11.8 Å². The molecule has 2 aromatic rings. The van der Waals surface area contributed by atoms with Crippen molar-refractivity contribution in [3.63, 3.8) is 0 Å². The second-order valence-electron chi connectivity index (χ2n) is 8.18. The van der Waals surface area contributed by atoms with Gasteiger partial charge in [0, 0.05) is 5.92 Å². The molecule has 0 aromatic heterocycles. The Balaban J connectivity index is 1.37. The Morgan fingerprint density at radius 1 is 1.09 bits per heavy atom. The van der Waals surface area contributed by atoms with Crippen molar-refractivity contribution >= 4 is 29.7 Å². The fraction of sp³-hybridized carbons (Fsp3) is 0.375. The molecule has 168 valence electrons. The molecule has 1 atom stereocenters. The molecule has 1 saturated carbocycles. The number of amides is 2. The summed E-state index contributed by atoms with van der Waals surface area (Å²) in [6, 6.07) is 15.2. The van der Waals surface area contributed by atoms with Gasteiger partial charge in [0.25, 0.3) is 0 Å². The molecule has 0 spiro atoms. The van der Waals surface area contributed by atoms with E-state index in [1.54, 1.807) is 0 Å². The number of rotatable bonds is 9. The Labute approximate surface area is 190 Å². The molecule has 0 saturated heterocycles. The number of thioether (sulfide) groups is 1. The van der Waals surface area contributed by atoms with Crippen molar-refractivity contribution in [2.45, 2.75) is 36.8 Å². The first kappa shape index (κ1) is 22.2. The van der Waals surface area contributed by atoms with Crippen molar-refractivity contribution in [3.05, 3.63) is 59.7 Å². The van der Waals surface area contributed by atoms with Crippen LogP contribution in [0.15, 0.2) is 48.5 Å². The number of aliphatic carboxylic acids is 1. The second-order valence-corrected chi connectivity index (χ2v) is 9.16. The first-order valence-corrected chi connectivity index (χ1v) is 12.0. The summed E-state index contributed by atoms with van der Waals surface area (Å²) < 4.78 is 5.53. The number of carbonyl (C=O) groups is 3. The molecule has 3 N–H and O–H groups in total. The van der Waals surface area contributed by atoms with Gasteiger partial charge in [-0.2, -0.15) is 11.8 Å². The van der Waals surface area contributed by atoms with E-state index in [9.17, 15) is 19.5 Å². The molecule has 2 aromatic carbocycles. The zero-order valence-electron chi connectivity index (χ0n) is 17.8. The van der Waals surface area contributed by atoms with Crippen LogP contribution in [0.25, 0.3) is 11.1 Å². The maximum absolute atomic E-state index is 12.7. The molecule has 1 unspecified atom stereocenters. The molecular formula is C24H26N2O5S. The topological polar surface area (TPSA) is 105 Å². The highest BCUT2D eigenvalue weighted by Crippen LogP contribution is 2.44. The highest BCUT2D eigenvalue weighted by atomic mass is 32.2. The van der Waals surface area contributed by atoms with Crippen LogP contribution in [0.1, 0.15) is 36.3 Å². The van der Waals surface area contributed by atoms with Gasteiger partial charge in [-0.05, 0) is 53.5 Å². The van der Waals surface area contributed by atoms with E-state index in [1.807, 2.05) is 42.7 Å². The number of carbonyl (C=O) groups excluding carboxylic acids is 2. The molecule has 0 radical (unpaired) electrons. The first-order valence-electron chi connectivity index (χ1n) is 10.6. The van der Waals surface area contributed by atoms with Gasteiger partial charge in [0.2, 0.25) is 5.91 Å². The van der Waals surface area contributed by atoms with Crippen molar-refractivity contribution < 1.29 is 24.2 Å². The largest absolute Gasteiger partial charge is 0.480 e. The van der Waals surface area contributed by atoms with Crippen LogP contribution in [-0.2, 0) is 14.3 Å². The molecule has 2 aliphatic carbocycles. The number of benzene rings is 2. The molecule has 1 fully saturated rings. The molecule has 0 aliphatic heterocycles. The summed E-state index contributed by atoms with van der Waals surface area (Å²) in [5.74, 6) is -1.01. The fourth-order valence-electron chi connectivity index (χ4n) is 4.15. The lowest BCUT2D eigenvalue weighted by Gasteiger charge is -2.21. The Kier molecular flexibility index (Phi) is 6.41. The molecule has 0 heterocycles. The summed E-state index contributed by atoms with van der Waals surface area (Å²) in [5.41, 5.74) is 3.41. The van der Waals surface area contributed by atoms with Crippen LogP contribution in [0, 0.1) is 0 Å². The minimum Gasteiger partial charge on any atom is -0.480 e. The van der Waals surface area contributed by atoms with Crippen molar-refractivity contribution in [2.75, 3.05) is 18.6 Å². The lowest BCUT2D eigenvalue weighted by atomic mass is 9.98. The van der Waals surface area contributed by atoms with Crippen LogP contribution >= 0.6 is 11.8 Å². The van der Waals surface area contributed by atoms with E-state index in [0.29, 0.717) is 25.0 Å². The number of hydrogen-bond donors (Lipinski definition) is 3. The number of carboxylic acid groups (broad SMARTS) is 1. The monoisotopic (exact) mass is 454 g/mol. The van der Waals surface area contributed by atoms with E-state index < -0.39 is 29.6 Å². The maximum atomic E-state index is 12.7. The van der Waals surface area contributed by atoms with Crippen molar-refractivity contribution in [3.8, 4) is 11.1 Å². The van der Waals surface area contributed by atoms with E-state index in [0.717, 1.165) is 22.3 Å². The van der Waals surface area contributed by atoms with Gasteiger partial charge in [-0.1, -0.05) is 48.5 Å². The van der Waals surface area contributed by atoms with Gasteiger partial charge in [-0.25, -0.2) is 9.59 Å². The third kappa shape index (κ3) is 4.46. The smallest absolute Gasteiger partial charge is 0.408 e. The molecule has 2 amide bonds.